The van der Waals surface area contributed by atoms with Crippen molar-refractivity contribution in [2.45, 2.75) is 45.3 Å². The Morgan fingerprint density at radius 1 is 1.38 bits per heavy atom. The molecule has 2 rings (SSSR count). The summed E-state index contributed by atoms with van der Waals surface area (Å²) in [4.78, 5) is 2.55. The number of piperidine rings is 1. The lowest BCUT2D eigenvalue weighted by Crippen LogP contribution is -2.43. The summed E-state index contributed by atoms with van der Waals surface area (Å²) >= 11 is 0. The molecule has 0 amide bonds. The van der Waals surface area contributed by atoms with Crippen LogP contribution in [0.4, 0.5) is 0 Å². The molecule has 1 aliphatic heterocycles. The molecule has 1 aliphatic rings. The molecule has 0 spiro atoms. The monoisotopic (exact) mass is 290 g/mol. The predicted molar refractivity (Wildman–Crippen MR) is 88.7 cm³/mol. The van der Waals surface area contributed by atoms with Gasteiger partial charge in [-0.3, -0.25) is 4.90 Å². The minimum Gasteiger partial charge on any atom is -0.380 e. The number of hydrogen-bond acceptors (Lipinski definition) is 3. The van der Waals surface area contributed by atoms with Gasteiger partial charge in [-0.05, 0) is 50.4 Å². The van der Waals surface area contributed by atoms with E-state index in [1.54, 1.807) is 0 Å². The molecule has 2 atom stereocenters. The van der Waals surface area contributed by atoms with Gasteiger partial charge in [0.2, 0.25) is 0 Å². The van der Waals surface area contributed by atoms with E-state index >= 15 is 0 Å². The van der Waals surface area contributed by atoms with Crippen molar-refractivity contribution in [3.05, 3.63) is 35.4 Å². The van der Waals surface area contributed by atoms with Crippen LogP contribution in [0.5, 0.6) is 0 Å². The Morgan fingerprint density at radius 3 is 2.90 bits per heavy atom. The average molecular weight is 290 g/mol. The summed E-state index contributed by atoms with van der Waals surface area (Å²) in [6.07, 6.45) is 4.02. The summed E-state index contributed by atoms with van der Waals surface area (Å²) in [6, 6.07) is 9.17. The molecule has 118 valence electrons. The van der Waals surface area contributed by atoms with Crippen molar-refractivity contribution in [2.24, 2.45) is 0 Å². The number of methoxy groups -OCH3 is 1. The molecule has 0 aliphatic carbocycles. The average Bonchev–Trinajstić information content (AvgIpc) is 2.52. The van der Waals surface area contributed by atoms with E-state index in [0.717, 1.165) is 19.6 Å². The largest absolute Gasteiger partial charge is 0.380 e. The third-order valence-electron chi connectivity index (χ3n) is 4.44. The number of nitrogens with zero attached hydrogens (tertiary/aromatic N) is 1. The van der Waals surface area contributed by atoms with E-state index in [4.69, 9.17) is 4.74 Å². The van der Waals surface area contributed by atoms with Crippen LogP contribution in [0, 0.1) is 6.92 Å². The summed E-state index contributed by atoms with van der Waals surface area (Å²) in [5.74, 6) is 0. The van der Waals surface area contributed by atoms with Crippen molar-refractivity contribution in [3.8, 4) is 0 Å². The number of hydrogen-bond donors (Lipinski definition) is 1. The molecule has 1 heterocycles. The van der Waals surface area contributed by atoms with Gasteiger partial charge in [0.05, 0.1) is 6.10 Å². The zero-order chi connectivity index (χ0) is 15.1. The first-order valence-corrected chi connectivity index (χ1v) is 8.28. The summed E-state index contributed by atoms with van der Waals surface area (Å²) in [7, 11) is 1.84. The van der Waals surface area contributed by atoms with Gasteiger partial charge in [0.1, 0.15) is 0 Å². The summed E-state index contributed by atoms with van der Waals surface area (Å²) < 4.78 is 5.55. The Hall–Kier alpha value is -0.900. The Balaban J connectivity index is 2.04. The molecule has 1 fully saturated rings. The fourth-order valence-corrected chi connectivity index (χ4v) is 3.20. The van der Waals surface area contributed by atoms with Gasteiger partial charge >= 0.3 is 0 Å². The summed E-state index contributed by atoms with van der Waals surface area (Å²) in [5.41, 5.74) is 2.82. The van der Waals surface area contributed by atoms with Crippen molar-refractivity contribution >= 4 is 0 Å². The highest BCUT2D eigenvalue weighted by atomic mass is 16.5. The van der Waals surface area contributed by atoms with E-state index in [2.05, 4.69) is 48.3 Å². The van der Waals surface area contributed by atoms with Crippen LogP contribution in [0.3, 0.4) is 0 Å². The van der Waals surface area contributed by atoms with Gasteiger partial charge in [0, 0.05) is 26.2 Å². The molecule has 3 heteroatoms. The topological polar surface area (TPSA) is 24.5 Å². The van der Waals surface area contributed by atoms with Gasteiger partial charge < -0.3 is 10.1 Å². The Bertz CT molecular complexity index is 421. The molecular formula is C18H30N2O. The lowest BCUT2D eigenvalue weighted by molar-refractivity contribution is 0.0280. The molecule has 1 saturated heterocycles. The quantitative estimate of drug-likeness (QED) is 0.835. The lowest BCUT2D eigenvalue weighted by atomic mass is 9.99. The number of likely N-dealkylation sites (tertiary alicyclic amines) is 1. The van der Waals surface area contributed by atoms with E-state index in [1.165, 1.54) is 36.9 Å². The maximum atomic E-state index is 5.55. The van der Waals surface area contributed by atoms with E-state index in [0.29, 0.717) is 12.1 Å². The third kappa shape index (κ3) is 4.80. The standard InChI is InChI=1S/C18H30N2O/c1-4-11-19-18(17-10-6-5-8-15(17)2)14-20-12-7-9-16(13-20)21-3/h5-6,8,10,16,18-19H,4,7,9,11-14H2,1-3H3. The molecule has 1 aromatic rings. The molecule has 1 N–H and O–H groups in total. The highest BCUT2D eigenvalue weighted by molar-refractivity contribution is 5.29. The Labute approximate surface area is 129 Å². The van der Waals surface area contributed by atoms with Crippen LogP contribution in [0.15, 0.2) is 24.3 Å². The van der Waals surface area contributed by atoms with Crippen LogP contribution in [0.1, 0.15) is 43.4 Å². The van der Waals surface area contributed by atoms with Gasteiger partial charge in [0.15, 0.2) is 0 Å². The Kier molecular flexibility index (Phi) is 6.68. The first-order valence-electron chi connectivity index (χ1n) is 8.28. The first kappa shape index (κ1) is 16.5. The Morgan fingerprint density at radius 2 is 2.19 bits per heavy atom. The first-order chi connectivity index (χ1) is 10.2. The summed E-state index contributed by atoms with van der Waals surface area (Å²) in [6.45, 7) is 8.84. The van der Waals surface area contributed by atoms with Crippen LogP contribution in [0.2, 0.25) is 0 Å². The molecule has 1 aromatic carbocycles. The van der Waals surface area contributed by atoms with Crippen LogP contribution >= 0.6 is 0 Å². The zero-order valence-corrected chi connectivity index (χ0v) is 13.8. The van der Waals surface area contributed by atoms with Gasteiger partial charge in [-0.1, -0.05) is 31.2 Å². The number of nitrogens with one attached hydrogen (secondary N) is 1. The van der Waals surface area contributed by atoms with Crippen molar-refractivity contribution in [1.82, 2.24) is 10.2 Å². The maximum absolute atomic E-state index is 5.55. The van der Waals surface area contributed by atoms with Gasteiger partial charge in [0.25, 0.3) is 0 Å². The second-order valence-corrected chi connectivity index (χ2v) is 6.12. The second-order valence-electron chi connectivity index (χ2n) is 6.12. The maximum Gasteiger partial charge on any atom is 0.0698 e. The minimum atomic E-state index is 0.405. The molecule has 0 saturated carbocycles. The number of aryl methyl sites for hydroxylation is 1. The van der Waals surface area contributed by atoms with E-state index < -0.39 is 0 Å². The molecule has 3 nitrogen and oxygen atoms in total. The predicted octanol–water partition coefficient (Wildman–Crippen LogP) is 3.15. The van der Waals surface area contributed by atoms with Crippen molar-refractivity contribution < 1.29 is 4.74 Å². The highest BCUT2D eigenvalue weighted by Crippen LogP contribution is 2.21. The fraction of sp³-hybridized carbons (Fsp3) is 0.667. The van der Waals surface area contributed by atoms with E-state index in [-0.39, 0.29) is 0 Å². The van der Waals surface area contributed by atoms with Gasteiger partial charge in [-0.15, -0.1) is 0 Å². The SMILES string of the molecule is CCCNC(CN1CCCC(OC)C1)c1ccccc1C. The van der Waals surface area contributed by atoms with Crippen LogP contribution in [-0.2, 0) is 4.74 Å². The van der Waals surface area contributed by atoms with Crippen molar-refractivity contribution in [2.75, 3.05) is 33.3 Å². The molecule has 2 unspecified atom stereocenters. The van der Waals surface area contributed by atoms with Crippen LogP contribution in [0.25, 0.3) is 0 Å². The lowest BCUT2D eigenvalue weighted by Gasteiger charge is -2.35. The third-order valence-corrected chi connectivity index (χ3v) is 4.44. The van der Waals surface area contributed by atoms with Crippen molar-refractivity contribution in [1.29, 1.82) is 0 Å². The normalized spacial score (nSPS) is 21.4. The minimum absolute atomic E-state index is 0.405. The molecule has 21 heavy (non-hydrogen) atoms. The van der Waals surface area contributed by atoms with E-state index in [9.17, 15) is 0 Å². The zero-order valence-electron chi connectivity index (χ0n) is 13.8. The second kappa shape index (κ2) is 8.52. The fourth-order valence-electron chi connectivity index (χ4n) is 3.20. The van der Waals surface area contributed by atoms with E-state index in [1.807, 2.05) is 7.11 Å². The van der Waals surface area contributed by atoms with Gasteiger partial charge in [-0.2, -0.15) is 0 Å². The molecule has 0 bridgehead atoms. The highest BCUT2D eigenvalue weighted by Gasteiger charge is 2.23. The van der Waals surface area contributed by atoms with Crippen molar-refractivity contribution in [3.63, 3.8) is 0 Å². The number of rotatable bonds is 7. The number of benzene rings is 1. The molecule has 0 aromatic heterocycles. The van der Waals surface area contributed by atoms with Crippen LogP contribution in [-0.4, -0.2) is 44.3 Å². The smallest absolute Gasteiger partial charge is 0.0698 e. The number of ether oxygens (including phenoxy) is 1. The summed E-state index contributed by atoms with van der Waals surface area (Å²) in [5, 5.41) is 3.72. The molecule has 0 radical (unpaired) electrons. The molecular weight excluding hydrogens is 260 g/mol. The van der Waals surface area contributed by atoms with Crippen LogP contribution < -0.4 is 5.32 Å². The van der Waals surface area contributed by atoms with Gasteiger partial charge in [-0.25, -0.2) is 0 Å².